The molecule has 2 N–H and O–H groups in total. The van der Waals surface area contributed by atoms with E-state index in [-0.39, 0.29) is 12.2 Å². The molecule has 0 spiro atoms. The Morgan fingerprint density at radius 2 is 2.03 bits per heavy atom. The molecule has 0 atom stereocenters. The van der Waals surface area contributed by atoms with Gasteiger partial charge in [-0.2, -0.15) is 0 Å². The van der Waals surface area contributed by atoms with Crippen molar-refractivity contribution in [2.75, 3.05) is 7.11 Å². The van der Waals surface area contributed by atoms with Gasteiger partial charge in [-0.15, -0.1) is 0 Å². The first-order chi connectivity index (χ1) is 13.9. The molecule has 1 saturated carbocycles. The Balaban J connectivity index is 1.91. The topological polar surface area (TPSA) is 80.9 Å². The minimum atomic E-state index is -0.878. The second-order valence-electron chi connectivity index (χ2n) is 7.58. The van der Waals surface area contributed by atoms with Gasteiger partial charge in [0.1, 0.15) is 0 Å². The Hall–Kier alpha value is -1.97. The van der Waals surface area contributed by atoms with E-state index in [1.807, 2.05) is 29.5 Å². The first kappa shape index (κ1) is 21.7. The molecule has 1 aromatic rings. The van der Waals surface area contributed by atoms with Gasteiger partial charge in [-0.05, 0) is 0 Å². The number of carboxylic acids is 1. The Morgan fingerprint density at radius 3 is 2.62 bits per heavy atom. The van der Waals surface area contributed by atoms with Crippen LogP contribution >= 0.6 is 0 Å². The molecular formula is C23H26NO4W-. The van der Waals surface area contributed by atoms with Crippen LogP contribution in [0.5, 0.6) is 5.75 Å². The van der Waals surface area contributed by atoms with Gasteiger partial charge in [0.15, 0.2) is 0 Å². The molecule has 154 valence electrons. The number of carbonyl (C=O) groups is 1. The van der Waals surface area contributed by atoms with E-state index < -0.39 is 5.97 Å². The molecule has 1 aliphatic carbocycles. The van der Waals surface area contributed by atoms with Gasteiger partial charge in [0.25, 0.3) is 0 Å². The molecule has 6 heteroatoms. The summed E-state index contributed by atoms with van der Waals surface area (Å²) in [5, 5.41) is 24.3. The summed E-state index contributed by atoms with van der Waals surface area (Å²) >= 11 is 1.18. The SMILES string of the molecule is COC1CCC(c2cc(C)c(C3=C/C(=C(/[CH]=[W])CC(=O)O)[N-]C=C3)c(O)c2)CC1. The number of carboxylic acid groups (broad SMARTS) is 1. The van der Waals surface area contributed by atoms with Crippen molar-refractivity contribution in [1.29, 1.82) is 0 Å². The number of phenolic OH excluding ortho intramolecular Hbond substituents is 1. The van der Waals surface area contributed by atoms with Crippen molar-refractivity contribution in [2.24, 2.45) is 0 Å². The summed E-state index contributed by atoms with van der Waals surface area (Å²) in [7, 11) is 1.77. The number of hydrogen-bond acceptors (Lipinski definition) is 3. The van der Waals surface area contributed by atoms with Crippen LogP contribution in [0, 0.1) is 6.92 Å². The van der Waals surface area contributed by atoms with E-state index in [1.54, 1.807) is 13.3 Å². The first-order valence-corrected chi connectivity index (χ1v) is 11.5. The van der Waals surface area contributed by atoms with Crippen LogP contribution in [0.1, 0.15) is 54.7 Å². The third kappa shape index (κ3) is 5.15. The number of aryl methyl sites for hydroxylation is 1. The number of hydrogen-bond donors (Lipinski definition) is 2. The molecule has 1 aromatic carbocycles. The van der Waals surface area contributed by atoms with Crippen LogP contribution in [0.4, 0.5) is 0 Å². The maximum atomic E-state index is 11.1. The van der Waals surface area contributed by atoms with Gasteiger partial charge in [-0.1, -0.05) is 0 Å². The van der Waals surface area contributed by atoms with Gasteiger partial charge in [-0.25, -0.2) is 0 Å². The number of rotatable bonds is 6. The van der Waals surface area contributed by atoms with Gasteiger partial charge in [0.05, 0.1) is 6.10 Å². The van der Waals surface area contributed by atoms with Crippen LogP contribution in [0.15, 0.2) is 41.8 Å². The molecule has 0 unspecified atom stereocenters. The summed E-state index contributed by atoms with van der Waals surface area (Å²) < 4.78 is 7.32. The fourth-order valence-electron chi connectivity index (χ4n) is 4.16. The minimum absolute atomic E-state index is 0.0615. The van der Waals surface area contributed by atoms with E-state index in [1.165, 1.54) is 24.9 Å². The molecule has 0 aromatic heterocycles. The van der Waals surface area contributed by atoms with Gasteiger partial charge in [0.2, 0.25) is 0 Å². The molecule has 3 rings (SSSR count). The number of allylic oxidation sites excluding steroid dienone is 3. The molecule has 0 bridgehead atoms. The van der Waals surface area contributed by atoms with Crippen LogP contribution in [0.3, 0.4) is 0 Å². The van der Waals surface area contributed by atoms with Crippen LogP contribution < -0.4 is 0 Å². The molecule has 0 saturated heterocycles. The summed E-state index contributed by atoms with van der Waals surface area (Å²) in [5.41, 5.74) is 5.15. The molecule has 5 nitrogen and oxygen atoms in total. The van der Waals surface area contributed by atoms with Gasteiger partial charge in [0, 0.05) is 7.11 Å². The second-order valence-corrected chi connectivity index (χ2v) is 8.43. The molecule has 2 aliphatic rings. The molecular weight excluding hydrogens is 538 g/mol. The zero-order valence-electron chi connectivity index (χ0n) is 16.7. The predicted octanol–water partition coefficient (Wildman–Crippen LogP) is 4.74. The summed E-state index contributed by atoms with van der Waals surface area (Å²) in [6.07, 6.45) is 9.92. The Kier molecular flexibility index (Phi) is 7.26. The average molecular weight is 564 g/mol. The van der Waals surface area contributed by atoms with Crippen LogP contribution in [-0.2, 0) is 28.9 Å². The molecule has 0 radical (unpaired) electrons. The summed E-state index contributed by atoms with van der Waals surface area (Å²) in [6, 6.07) is 4.06. The molecule has 1 aliphatic heterocycles. The van der Waals surface area contributed by atoms with Crippen molar-refractivity contribution in [2.45, 2.75) is 51.0 Å². The van der Waals surface area contributed by atoms with E-state index >= 15 is 0 Å². The van der Waals surface area contributed by atoms with E-state index in [0.717, 1.165) is 42.4 Å². The Labute approximate surface area is 182 Å². The van der Waals surface area contributed by atoms with Gasteiger partial charge < -0.3 is 4.74 Å². The van der Waals surface area contributed by atoms with Crippen LogP contribution in [0.2, 0.25) is 0 Å². The number of benzene rings is 1. The van der Waals surface area contributed by atoms with Crippen molar-refractivity contribution >= 4 is 15.9 Å². The number of aliphatic carboxylic acids is 1. The number of methoxy groups -OCH3 is 1. The van der Waals surface area contributed by atoms with E-state index in [2.05, 4.69) is 11.4 Å². The number of phenols is 1. The average Bonchev–Trinajstić information content (AvgIpc) is 2.71. The molecule has 1 fully saturated rings. The van der Waals surface area contributed by atoms with Crippen molar-refractivity contribution in [3.8, 4) is 5.75 Å². The number of nitrogens with zero attached hydrogens (tertiary/aromatic N) is 1. The molecule has 29 heavy (non-hydrogen) atoms. The number of ether oxygens (including phenoxy) is 1. The van der Waals surface area contributed by atoms with Gasteiger partial charge in [-0.3, -0.25) is 0 Å². The summed E-state index contributed by atoms with van der Waals surface area (Å²) in [5.74, 6) is -0.172. The Bertz CT molecular complexity index is 869. The van der Waals surface area contributed by atoms with E-state index in [0.29, 0.717) is 23.3 Å². The van der Waals surface area contributed by atoms with E-state index in [9.17, 15) is 9.90 Å². The Morgan fingerprint density at radius 1 is 1.31 bits per heavy atom. The van der Waals surface area contributed by atoms with Crippen molar-refractivity contribution in [3.05, 3.63) is 63.8 Å². The predicted molar refractivity (Wildman–Crippen MR) is 111 cm³/mol. The summed E-state index contributed by atoms with van der Waals surface area (Å²) in [4.78, 5) is 11.1. The summed E-state index contributed by atoms with van der Waals surface area (Å²) in [6.45, 7) is 2.01. The second kappa shape index (κ2) is 9.69. The van der Waals surface area contributed by atoms with E-state index in [4.69, 9.17) is 9.84 Å². The van der Waals surface area contributed by atoms with Crippen LogP contribution in [-0.4, -0.2) is 33.8 Å². The van der Waals surface area contributed by atoms with Crippen LogP contribution in [0.25, 0.3) is 10.9 Å². The maximum absolute atomic E-state index is 11.1. The third-order valence-electron chi connectivity index (χ3n) is 5.68. The normalized spacial score (nSPS) is 23.2. The van der Waals surface area contributed by atoms with Crippen molar-refractivity contribution in [1.82, 2.24) is 0 Å². The van der Waals surface area contributed by atoms with Crippen molar-refractivity contribution in [3.63, 3.8) is 0 Å². The zero-order valence-corrected chi connectivity index (χ0v) is 19.7. The zero-order chi connectivity index (χ0) is 21.0. The number of aromatic hydroxyl groups is 1. The molecule has 0 amide bonds. The first-order valence-electron chi connectivity index (χ1n) is 9.78. The third-order valence-corrected chi connectivity index (χ3v) is 6.70. The fourth-order valence-corrected chi connectivity index (χ4v) is 4.89. The fraction of sp³-hybridized carbons (Fsp3) is 0.391. The monoisotopic (exact) mass is 564 g/mol. The standard InChI is InChI=1S/C23H26NO4.W/c1-14(11-22(26)27)20-12-17(8-9-24-20)23-15(2)10-18(13-21(23)25)16-4-6-19(28-3)7-5-16;/h1,8-10,12-13,16,19,25H,4-7,11H2,2-3H3,(H,26,27);/q-1;/b20-14+;. The van der Waals surface area contributed by atoms with Gasteiger partial charge >= 0.3 is 165 Å². The quantitative estimate of drug-likeness (QED) is 0.524. The van der Waals surface area contributed by atoms with Crippen molar-refractivity contribution < 1.29 is 39.1 Å². The molecule has 1 heterocycles.